The molecule has 0 saturated heterocycles. The minimum Gasteiger partial charge on any atom is -0.386 e. The third kappa shape index (κ3) is 2.28. The fourth-order valence-corrected chi connectivity index (χ4v) is 3.08. The lowest BCUT2D eigenvalue weighted by molar-refractivity contribution is 0.0839. The fourth-order valence-electron chi connectivity index (χ4n) is 3.08. The van der Waals surface area contributed by atoms with Gasteiger partial charge in [-0.3, -0.25) is 0 Å². The summed E-state index contributed by atoms with van der Waals surface area (Å²) < 4.78 is 1.75. The van der Waals surface area contributed by atoms with E-state index < -0.39 is 6.10 Å². The largest absolute Gasteiger partial charge is 0.386 e. The van der Waals surface area contributed by atoms with E-state index in [4.69, 9.17) is 0 Å². The highest BCUT2D eigenvalue weighted by atomic mass is 16.3. The average molecular weight is 257 g/mol. The maximum Gasteiger partial charge on any atom is 0.101 e. The van der Waals surface area contributed by atoms with E-state index in [2.05, 4.69) is 17.2 Å². The molecule has 0 spiro atoms. The molecule has 3 unspecified atom stereocenters. The van der Waals surface area contributed by atoms with Crippen LogP contribution in [0.15, 0.2) is 36.5 Å². The number of hydrogen-bond donors (Lipinski definition) is 1. The number of para-hydroxylation sites is 1. The van der Waals surface area contributed by atoms with Gasteiger partial charge in [0.2, 0.25) is 0 Å². The van der Waals surface area contributed by atoms with Crippen LogP contribution in [0, 0.1) is 11.8 Å². The standard InChI is InChI=1S/C15H19N3O/c1-11-6-5-9-13(11)15(19)14-10-16-17-18(14)12-7-3-2-4-8-12/h2-4,7-8,10-11,13,15,19H,5-6,9H2,1H3. The van der Waals surface area contributed by atoms with Crippen LogP contribution in [0.5, 0.6) is 0 Å². The van der Waals surface area contributed by atoms with Crippen LogP contribution in [0.4, 0.5) is 0 Å². The monoisotopic (exact) mass is 257 g/mol. The molecule has 3 rings (SSSR count). The van der Waals surface area contributed by atoms with Crippen LogP contribution in [-0.4, -0.2) is 20.1 Å². The molecule has 1 aromatic heterocycles. The molecule has 1 aliphatic carbocycles. The molecule has 1 heterocycles. The molecule has 1 N–H and O–H groups in total. The summed E-state index contributed by atoms with van der Waals surface area (Å²) in [5, 5.41) is 18.7. The molecule has 2 aromatic rings. The summed E-state index contributed by atoms with van der Waals surface area (Å²) in [6.07, 6.45) is 4.70. The van der Waals surface area contributed by atoms with E-state index in [1.165, 1.54) is 12.8 Å². The van der Waals surface area contributed by atoms with E-state index in [-0.39, 0.29) is 0 Å². The maximum absolute atomic E-state index is 10.6. The van der Waals surface area contributed by atoms with Crippen molar-refractivity contribution in [2.24, 2.45) is 11.8 Å². The summed E-state index contributed by atoms with van der Waals surface area (Å²) in [7, 11) is 0. The van der Waals surface area contributed by atoms with Crippen LogP contribution in [0.1, 0.15) is 38.0 Å². The van der Waals surface area contributed by atoms with E-state index in [0.29, 0.717) is 11.8 Å². The Balaban J connectivity index is 1.92. The Bertz CT molecular complexity index is 537. The van der Waals surface area contributed by atoms with Crippen molar-refractivity contribution in [2.75, 3.05) is 0 Å². The zero-order chi connectivity index (χ0) is 13.2. The molecule has 1 saturated carbocycles. The first-order valence-corrected chi connectivity index (χ1v) is 6.91. The third-order valence-corrected chi connectivity index (χ3v) is 4.21. The molecule has 4 heteroatoms. The second kappa shape index (κ2) is 5.13. The zero-order valence-corrected chi connectivity index (χ0v) is 11.1. The van der Waals surface area contributed by atoms with Crippen LogP contribution in [0.2, 0.25) is 0 Å². The lowest BCUT2D eigenvalue weighted by Crippen LogP contribution is -2.18. The van der Waals surface area contributed by atoms with Crippen molar-refractivity contribution in [3.8, 4) is 5.69 Å². The molecule has 0 bridgehead atoms. The summed E-state index contributed by atoms with van der Waals surface area (Å²) in [6, 6.07) is 9.85. The number of aliphatic hydroxyl groups is 1. The van der Waals surface area contributed by atoms with Crippen LogP contribution in [0.25, 0.3) is 5.69 Å². The molecule has 0 aliphatic heterocycles. The van der Waals surface area contributed by atoms with Crippen molar-refractivity contribution in [1.29, 1.82) is 0 Å². The van der Waals surface area contributed by atoms with Crippen molar-refractivity contribution >= 4 is 0 Å². The first-order valence-electron chi connectivity index (χ1n) is 6.91. The normalized spacial score (nSPS) is 24.5. The second-order valence-electron chi connectivity index (χ2n) is 5.42. The van der Waals surface area contributed by atoms with Gasteiger partial charge in [0.05, 0.1) is 17.6 Å². The van der Waals surface area contributed by atoms with E-state index in [9.17, 15) is 5.11 Å². The lowest BCUT2D eigenvalue weighted by Gasteiger charge is -2.22. The molecular formula is C15H19N3O. The molecule has 0 radical (unpaired) electrons. The molecule has 1 fully saturated rings. The molecule has 19 heavy (non-hydrogen) atoms. The van der Waals surface area contributed by atoms with Gasteiger partial charge in [0.1, 0.15) is 6.10 Å². The minimum atomic E-state index is -0.479. The van der Waals surface area contributed by atoms with Crippen molar-refractivity contribution in [2.45, 2.75) is 32.3 Å². The Hall–Kier alpha value is -1.68. The summed E-state index contributed by atoms with van der Waals surface area (Å²) in [4.78, 5) is 0. The first kappa shape index (κ1) is 12.4. The first-order chi connectivity index (χ1) is 9.27. The molecule has 1 aromatic carbocycles. The molecule has 3 atom stereocenters. The van der Waals surface area contributed by atoms with Crippen LogP contribution in [-0.2, 0) is 0 Å². The van der Waals surface area contributed by atoms with Gasteiger partial charge in [-0.05, 0) is 30.4 Å². The Morgan fingerprint density at radius 1 is 1.26 bits per heavy atom. The van der Waals surface area contributed by atoms with Crippen molar-refractivity contribution in [1.82, 2.24) is 15.0 Å². The summed E-state index contributed by atoms with van der Waals surface area (Å²) in [6.45, 7) is 2.22. The molecular weight excluding hydrogens is 238 g/mol. The highest BCUT2D eigenvalue weighted by Gasteiger charge is 2.32. The smallest absolute Gasteiger partial charge is 0.101 e. The van der Waals surface area contributed by atoms with Crippen molar-refractivity contribution in [3.05, 3.63) is 42.2 Å². The highest BCUT2D eigenvalue weighted by molar-refractivity contribution is 5.32. The lowest BCUT2D eigenvalue weighted by atomic mass is 9.90. The van der Waals surface area contributed by atoms with Gasteiger partial charge in [-0.15, -0.1) is 5.10 Å². The van der Waals surface area contributed by atoms with Gasteiger partial charge >= 0.3 is 0 Å². The number of aromatic nitrogens is 3. The Morgan fingerprint density at radius 2 is 2.05 bits per heavy atom. The van der Waals surface area contributed by atoms with Crippen LogP contribution in [0.3, 0.4) is 0 Å². The van der Waals surface area contributed by atoms with Crippen LogP contribution < -0.4 is 0 Å². The van der Waals surface area contributed by atoms with E-state index >= 15 is 0 Å². The fraction of sp³-hybridized carbons (Fsp3) is 0.467. The van der Waals surface area contributed by atoms with E-state index in [1.807, 2.05) is 30.3 Å². The Labute approximate surface area is 113 Å². The zero-order valence-electron chi connectivity index (χ0n) is 11.1. The van der Waals surface area contributed by atoms with Crippen LogP contribution >= 0.6 is 0 Å². The number of aliphatic hydroxyl groups excluding tert-OH is 1. The summed E-state index contributed by atoms with van der Waals surface area (Å²) >= 11 is 0. The minimum absolute atomic E-state index is 0.320. The molecule has 1 aliphatic rings. The predicted molar refractivity (Wildman–Crippen MR) is 72.8 cm³/mol. The van der Waals surface area contributed by atoms with Crippen molar-refractivity contribution < 1.29 is 5.11 Å². The number of benzene rings is 1. The van der Waals surface area contributed by atoms with Gasteiger partial charge in [0.25, 0.3) is 0 Å². The summed E-state index contributed by atoms with van der Waals surface area (Å²) in [5.41, 5.74) is 1.74. The molecule has 4 nitrogen and oxygen atoms in total. The third-order valence-electron chi connectivity index (χ3n) is 4.21. The predicted octanol–water partition coefficient (Wildman–Crippen LogP) is 2.74. The van der Waals surface area contributed by atoms with E-state index in [1.54, 1.807) is 10.9 Å². The molecule has 0 amide bonds. The van der Waals surface area contributed by atoms with Gasteiger partial charge in [0, 0.05) is 0 Å². The number of rotatable bonds is 3. The topological polar surface area (TPSA) is 50.9 Å². The summed E-state index contributed by atoms with van der Waals surface area (Å²) in [5.74, 6) is 0.884. The maximum atomic E-state index is 10.6. The average Bonchev–Trinajstić information content (AvgIpc) is 3.07. The number of hydrogen-bond acceptors (Lipinski definition) is 3. The second-order valence-corrected chi connectivity index (χ2v) is 5.42. The van der Waals surface area contributed by atoms with Crippen molar-refractivity contribution in [3.63, 3.8) is 0 Å². The van der Waals surface area contributed by atoms with Gasteiger partial charge < -0.3 is 5.11 Å². The SMILES string of the molecule is CC1CCCC1C(O)c1cnnn1-c1ccccc1. The highest BCUT2D eigenvalue weighted by Crippen LogP contribution is 2.40. The van der Waals surface area contributed by atoms with Gasteiger partial charge in [0.15, 0.2) is 0 Å². The molecule has 100 valence electrons. The van der Waals surface area contributed by atoms with Gasteiger partial charge in [-0.1, -0.05) is 43.2 Å². The van der Waals surface area contributed by atoms with E-state index in [0.717, 1.165) is 17.8 Å². The Kier molecular flexibility index (Phi) is 3.34. The quantitative estimate of drug-likeness (QED) is 0.919. The Morgan fingerprint density at radius 3 is 2.74 bits per heavy atom. The van der Waals surface area contributed by atoms with Gasteiger partial charge in [-0.25, -0.2) is 4.68 Å². The van der Waals surface area contributed by atoms with Gasteiger partial charge in [-0.2, -0.15) is 0 Å². The number of nitrogens with zero attached hydrogens (tertiary/aromatic N) is 3.